The zero-order chi connectivity index (χ0) is 18.1. The molecule has 2 aromatic rings. The fraction of sp³-hybridized carbons (Fsp3) is 0.316. The summed E-state index contributed by atoms with van der Waals surface area (Å²) in [7, 11) is 0. The third-order valence-corrected chi connectivity index (χ3v) is 5.63. The van der Waals surface area contributed by atoms with Crippen LogP contribution in [0.2, 0.25) is 0 Å². The molecule has 0 aliphatic carbocycles. The molecule has 1 aromatic heterocycles. The summed E-state index contributed by atoms with van der Waals surface area (Å²) in [6, 6.07) is 9.11. The smallest absolute Gasteiger partial charge is 0.261 e. The number of benzene rings is 1. The minimum atomic E-state index is -0.0610. The highest BCUT2D eigenvalue weighted by Gasteiger charge is 2.28. The van der Waals surface area contributed by atoms with Crippen LogP contribution in [0.25, 0.3) is 0 Å². The number of anilines is 1. The topological polar surface area (TPSA) is 62.7 Å². The van der Waals surface area contributed by atoms with E-state index in [1.54, 1.807) is 29.3 Å². The second-order valence-electron chi connectivity index (χ2n) is 6.09. The number of hydrogen-bond acceptors (Lipinski definition) is 5. The van der Waals surface area contributed by atoms with Gasteiger partial charge in [0.25, 0.3) is 11.8 Å². The van der Waals surface area contributed by atoms with E-state index in [0.29, 0.717) is 49.0 Å². The van der Waals surface area contributed by atoms with Gasteiger partial charge in [0.2, 0.25) is 0 Å². The molecule has 1 aromatic carbocycles. The van der Waals surface area contributed by atoms with Crippen molar-refractivity contribution in [3.8, 4) is 0 Å². The number of carbonyl (C=O) groups is 2. The van der Waals surface area contributed by atoms with Gasteiger partial charge in [-0.15, -0.1) is 0 Å². The Kier molecular flexibility index (Phi) is 4.65. The number of rotatable bonds is 2. The number of morpholine rings is 1. The molecule has 2 aliphatic rings. The number of hydrogen-bond donors (Lipinski definition) is 0. The van der Waals surface area contributed by atoms with E-state index in [0.717, 1.165) is 10.6 Å². The van der Waals surface area contributed by atoms with Crippen LogP contribution < -0.4 is 4.90 Å². The molecular formula is C19H19N3O3S. The van der Waals surface area contributed by atoms with Gasteiger partial charge < -0.3 is 14.5 Å². The van der Waals surface area contributed by atoms with Crippen LogP contribution in [-0.2, 0) is 4.74 Å². The largest absolute Gasteiger partial charge is 0.378 e. The molecule has 0 bridgehead atoms. The van der Waals surface area contributed by atoms with Crippen molar-refractivity contribution in [1.29, 1.82) is 0 Å². The summed E-state index contributed by atoms with van der Waals surface area (Å²) in [6.07, 6.45) is 1.68. The van der Waals surface area contributed by atoms with E-state index in [9.17, 15) is 9.59 Å². The fourth-order valence-electron chi connectivity index (χ4n) is 3.21. The van der Waals surface area contributed by atoms with Gasteiger partial charge >= 0.3 is 0 Å². The monoisotopic (exact) mass is 369 g/mol. The highest BCUT2D eigenvalue weighted by atomic mass is 32.2. The second-order valence-corrected chi connectivity index (χ2v) is 7.13. The molecule has 0 saturated carbocycles. The minimum absolute atomic E-state index is 0.00318. The molecule has 0 unspecified atom stereocenters. The maximum Gasteiger partial charge on any atom is 0.261 e. The summed E-state index contributed by atoms with van der Waals surface area (Å²) in [4.78, 5) is 34.5. The number of amides is 2. The molecule has 134 valence electrons. The van der Waals surface area contributed by atoms with Gasteiger partial charge in [-0.2, -0.15) is 0 Å². The zero-order valence-electron chi connectivity index (χ0n) is 14.5. The van der Waals surface area contributed by atoms with Gasteiger partial charge in [0.05, 0.1) is 24.5 Å². The van der Waals surface area contributed by atoms with E-state index in [4.69, 9.17) is 4.74 Å². The van der Waals surface area contributed by atoms with Crippen LogP contribution in [0, 0.1) is 0 Å². The number of ether oxygens (including phenoxy) is 1. The summed E-state index contributed by atoms with van der Waals surface area (Å²) in [5, 5.41) is 0.672. The Bertz CT molecular complexity index is 865. The third-order valence-electron chi connectivity index (χ3n) is 4.57. The van der Waals surface area contributed by atoms with Gasteiger partial charge in [0.15, 0.2) is 0 Å². The summed E-state index contributed by atoms with van der Waals surface area (Å²) in [6.45, 7) is 4.85. The molecule has 1 saturated heterocycles. The van der Waals surface area contributed by atoms with Crippen molar-refractivity contribution < 1.29 is 14.3 Å². The van der Waals surface area contributed by atoms with E-state index in [-0.39, 0.29) is 11.8 Å². The Hall–Kier alpha value is -2.38. The molecular weight excluding hydrogens is 350 g/mol. The summed E-state index contributed by atoms with van der Waals surface area (Å²) < 4.78 is 5.32. The van der Waals surface area contributed by atoms with E-state index >= 15 is 0 Å². The van der Waals surface area contributed by atoms with Gasteiger partial charge in [0.1, 0.15) is 5.03 Å². The predicted molar refractivity (Wildman–Crippen MR) is 98.9 cm³/mol. The molecule has 2 aliphatic heterocycles. The Morgan fingerprint density at radius 2 is 2.08 bits per heavy atom. The molecule has 0 atom stereocenters. The highest BCUT2D eigenvalue weighted by Crippen LogP contribution is 2.40. The van der Waals surface area contributed by atoms with Crippen LogP contribution in [0.5, 0.6) is 0 Å². The van der Waals surface area contributed by atoms with Crippen molar-refractivity contribution in [1.82, 2.24) is 9.88 Å². The highest BCUT2D eigenvalue weighted by molar-refractivity contribution is 7.99. The van der Waals surface area contributed by atoms with Crippen LogP contribution in [0.1, 0.15) is 27.6 Å². The Morgan fingerprint density at radius 1 is 1.27 bits per heavy atom. The van der Waals surface area contributed by atoms with E-state index < -0.39 is 0 Å². The fourth-order valence-corrected chi connectivity index (χ4v) is 4.26. The first kappa shape index (κ1) is 17.1. The Morgan fingerprint density at radius 3 is 2.85 bits per heavy atom. The molecule has 0 N–H and O–H groups in total. The van der Waals surface area contributed by atoms with Gasteiger partial charge in [-0.1, -0.05) is 11.8 Å². The first-order chi connectivity index (χ1) is 12.7. The van der Waals surface area contributed by atoms with Crippen molar-refractivity contribution in [3.63, 3.8) is 0 Å². The molecule has 0 radical (unpaired) electrons. The maximum atomic E-state index is 12.9. The molecule has 6 nitrogen and oxygen atoms in total. The van der Waals surface area contributed by atoms with Crippen molar-refractivity contribution >= 4 is 29.3 Å². The lowest BCUT2D eigenvalue weighted by Crippen LogP contribution is -2.40. The molecule has 2 amide bonds. The minimum Gasteiger partial charge on any atom is -0.378 e. The molecule has 26 heavy (non-hydrogen) atoms. The Balaban J connectivity index is 1.74. The maximum absolute atomic E-state index is 12.9. The average molecular weight is 369 g/mol. The number of nitrogens with zero attached hydrogens (tertiary/aromatic N) is 3. The third kappa shape index (κ3) is 2.97. The van der Waals surface area contributed by atoms with Crippen LogP contribution in [0.3, 0.4) is 0 Å². The van der Waals surface area contributed by atoms with Gasteiger partial charge in [0, 0.05) is 36.3 Å². The lowest BCUT2D eigenvalue weighted by Gasteiger charge is -2.27. The zero-order valence-corrected chi connectivity index (χ0v) is 15.3. The van der Waals surface area contributed by atoms with E-state index in [1.165, 1.54) is 11.8 Å². The number of fused-ring (bicyclic) bond motifs is 2. The Labute approximate surface area is 156 Å². The number of pyridine rings is 1. The molecule has 0 spiro atoms. The van der Waals surface area contributed by atoms with Crippen LogP contribution in [0.4, 0.5) is 5.69 Å². The molecule has 7 heteroatoms. The van der Waals surface area contributed by atoms with Crippen molar-refractivity contribution in [2.45, 2.75) is 16.8 Å². The summed E-state index contributed by atoms with van der Waals surface area (Å²) in [5.74, 6) is -0.0642. The molecule has 4 rings (SSSR count). The van der Waals surface area contributed by atoms with E-state index in [1.807, 2.05) is 24.0 Å². The van der Waals surface area contributed by atoms with Crippen LogP contribution in [-0.4, -0.2) is 54.5 Å². The first-order valence-electron chi connectivity index (χ1n) is 8.65. The van der Waals surface area contributed by atoms with Crippen LogP contribution >= 0.6 is 11.8 Å². The van der Waals surface area contributed by atoms with Gasteiger partial charge in [-0.05, 0) is 37.3 Å². The normalized spacial score (nSPS) is 16.7. The van der Waals surface area contributed by atoms with Crippen molar-refractivity contribution in [2.75, 3.05) is 37.7 Å². The quantitative estimate of drug-likeness (QED) is 0.814. The predicted octanol–water partition coefficient (Wildman–Crippen LogP) is 2.69. The second kappa shape index (κ2) is 7.09. The first-order valence-corrected chi connectivity index (χ1v) is 9.46. The van der Waals surface area contributed by atoms with Gasteiger partial charge in [-0.25, -0.2) is 4.98 Å². The standard InChI is InChI=1S/C19H19N3O3S/c1-2-22-15-6-5-13(18(23)21-8-10-25-11-9-21)12-16(15)26-17-14(19(22)24)4-3-7-20-17/h3-7,12H,2,8-11H2,1H3. The van der Waals surface area contributed by atoms with Crippen molar-refractivity contribution in [3.05, 3.63) is 47.7 Å². The number of carbonyl (C=O) groups excluding carboxylic acids is 2. The van der Waals surface area contributed by atoms with Gasteiger partial charge in [-0.3, -0.25) is 9.59 Å². The average Bonchev–Trinajstić information content (AvgIpc) is 2.81. The lowest BCUT2D eigenvalue weighted by atomic mass is 10.1. The van der Waals surface area contributed by atoms with E-state index in [2.05, 4.69) is 4.98 Å². The van der Waals surface area contributed by atoms with Crippen LogP contribution in [0.15, 0.2) is 46.5 Å². The lowest BCUT2D eigenvalue weighted by molar-refractivity contribution is 0.0302. The van der Waals surface area contributed by atoms with Crippen molar-refractivity contribution in [2.24, 2.45) is 0 Å². The molecule has 1 fully saturated rings. The summed E-state index contributed by atoms with van der Waals surface area (Å²) >= 11 is 1.44. The number of aromatic nitrogens is 1. The molecule has 3 heterocycles. The SMILES string of the molecule is CCN1C(=O)c2cccnc2Sc2cc(C(=O)N3CCOCC3)ccc21. The summed E-state index contributed by atoms with van der Waals surface area (Å²) in [5.41, 5.74) is 2.04.